The van der Waals surface area contributed by atoms with Gasteiger partial charge < -0.3 is 0 Å². The minimum atomic E-state index is -1.09. The van der Waals surface area contributed by atoms with Crippen LogP contribution in [0.15, 0.2) is 12.1 Å². The Kier molecular flexibility index (Phi) is 4.04. The van der Waals surface area contributed by atoms with Crippen molar-refractivity contribution in [1.29, 1.82) is 0 Å². The topological polar surface area (TPSA) is 185 Å². The van der Waals surface area contributed by atoms with Crippen LogP contribution in [0.2, 0.25) is 0 Å². The first kappa shape index (κ1) is 14.7. The molecule has 13 heteroatoms. The monoisotopic (exact) mass is 287 g/mol. The molecule has 1 aromatic rings. The number of non-ortho nitro benzene ring substituents is 1. The molecule has 0 amide bonds. The molecular formula is C7H5N5O8. The van der Waals surface area contributed by atoms with Crippen LogP contribution in [-0.4, -0.2) is 19.8 Å². The summed E-state index contributed by atoms with van der Waals surface area (Å²) in [6.45, 7) is -0.822. The Bertz CT molecular complexity index is 578. The number of benzene rings is 1. The van der Waals surface area contributed by atoms with Crippen LogP contribution in [0, 0.1) is 40.5 Å². The second-order valence-corrected chi connectivity index (χ2v) is 3.33. The fourth-order valence-corrected chi connectivity index (χ4v) is 1.38. The van der Waals surface area contributed by atoms with Gasteiger partial charge in [-0.05, 0) is 0 Å². The molecule has 0 bridgehead atoms. The van der Waals surface area contributed by atoms with Gasteiger partial charge in [0.1, 0.15) is 12.1 Å². The minimum absolute atomic E-state index is 0.504. The van der Waals surface area contributed by atoms with Gasteiger partial charge in [0.2, 0.25) is 0 Å². The maximum Gasteiger partial charge on any atom is 0.288 e. The van der Waals surface area contributed by atoms with E-state index in [1.54, 1.807) is 5.43 Å². The molecule has 0 saturated carbocycles. The van der Waals surface area contributed by atoms with Gasteiger partial charge in [-0.15, -0.1) is 5.43 Å². The van der Waals surface area contributed by atoms with Crippen molar-refractivity contribution in [2.75, 3.05) is 0 Å². The van der Waals surface area contributed by atoms with Gasteiger partial charge in [-0.1, -0.05) is 0 Å². The predicted molar refractivity (Wildman–Crippen MR) is 60.2 cm³/mol. The van der Waals surface area contributed by atoms with E-state index in [1.165, 1.54) is 0 Å². The molecule has 106 valence electrons. The second kappa shape index (κ2) is 5.51. The highest BCUT2D eigenvalue weighted by molar-refractivity contribution is 5.60. The molecule has 1 aromatic carbocycles. The van der Waals surface area contributed by atoms with E-state index in [2.05, 4.69) is 0 Å². The first-order valence-corrected chi connectivity index (χ1v) is 4.72. The molecule has 0 radical (unpaired) electrons. The molecular weight excluding hydrogens is 282 g/mol. The second-order valence-electron chi connectivity index (χ2n) is 3.33. The largest absolute Gasteiger partial charge is 0.288 e. The third-order valence-corrected chi connectivity index (χ3v) is 2.18. The van der Waals surface area contributed by atoms with E-state index in [4.69, 9.17) is 0 Å². The normalized spacial score (nSPS) is 9.80. The zero-order valence-electron chi connectivity index (χ0n) is 9.42. The van der Waals surface area contributed by atoms with Gasteiger partial charge in [-0.3, -0.25) is 30.3 Å². The van der Waals surface area contributed by atoms with Gasteiger partial charge in [0.25, 0.3) is 17.1 Å². The smallest absolute Gasteiger partial charge is 0.258 e. The van der Waals surface area contributed by atoms with Crippen LogP contribution in [0.3, 0.4) is 0 Å². The van der Waals surface area contributed by atoms with Crippen molar-refractivity contribution in [3.8, 4) is 0 Å². The van der Waals surface area contributed by atoms with Crippen molar-refractivity contribution in [2.45, 2.75) is 6.54 Å². The maximum atomic E-state index is 10.8. The number of nitrogens with one attached hydrogen (secondary N) is 1. The van der Waals surface area contributed by atoms with Crippen LogP contribution in [0.5, 0.6) is 0 Å². The van der Waals surface area contributed by atoms with Crippen molar-refractivity contribution >= 4 is 17.1 Å². The van der Waals surface area contributed by atoms with E-state index in [0.29, 0.717) is 12.1 Å². The average Bonchev–Trinajstić information content (AvgIpc) is 2.34. The minimum Gasteiger partial charge on any atom is -0.258 e. The highest BCUT2D eigenvalue weighted by Crippen LogP contribution is 2.33. The Morgan fingerprint density at radius 2 is 1.30 bits per heavy atom. The third-order valence-electron chi connectivity index (χ3n) is 2.18. The summed E-state index contributed by atoms with van der Waals surface area (Å²) in [7, 11) is 0. The van der Waals surface area contributed by atoms with Gasteiger partial charge in [-0.25, -0.2) is 10.1 Å². The number of hydrogen-bond acceptors (Lipinski definition) is 8. The van der Waals surface area contributed by atoms with Crippen LogP contribution in [0.4, 0.5) is 17.1 Å². The zero-order chi connectivity index (χ0) is 15.4. The lowest BCUT2D eigenvalue weighted by Gasteiger charge is -2.03. The lowest BCUT2D eigenvalue weighted by molar-refractivity contribution is -0.547. The lowest BCUT2D eigenvalue weighted by atomic mass is 10.1. The summed E-state index contributed by atoms with van der Waals surface area (Å²) < 4.78 is 0. The van der Waals surface area contributed by atoms with Gasteiger partial charge in [0.15, 0.2) is 5.03 Å². The SMILES string of the molecule is O=[N+]([O-])NCc1c([N+](=O)[O-])cc([N+](=O)[O-])cc1[N+](=O)[O-]. The summed E-state index contributed by atoms with van der Waals surface area (Å²) in [4.78, 5) is 39.1. The Labute approximate surface area is 108 Å². The van der Waals surface area contributed by atoms with Crippen molar-refractivity contribution in [3.05, 3.63) is 58.2 Å². The summed E-state index contributed by atoms with van der Waals surface area (Å²) in [6, 6.07) is 1.01. The first-order valence-electron chi connectivity index (χ1n) is 4.72. The number of hydrazine groups is 1. The van der Waals surface area contributed by atoms with E-state index in [0.717, 1.165) is 0 Å². The Morgan fingerprint density at radius 1 is 0.850 bits per heavy atom. The highest BCUT2D eigenvalue weighted by atomic mass is 16.7. The maximum absolute atomic E-state index is 10.8. The van der Waals surface area contributed by atoms with Crippen LogP contribution < -0.4 is 5.43 Å². The number of rotatable bonds is 6. The molecule has 0 fully saturated rings. The van der Waals surface area contributed by atoms with E-state index >= 15 is 0 Å². The molecule has 0 aromatic heterocycles. The van der Waals surface area contributed by atoms with Gasteiger partial charge in [0.05, 0.1) is 26.9 Å². The molecule has 20 heavy (non-hydrogen) atoms. The summed E-state index contributed by atoms with van der Waals surface area (Å²) in [6.07, 6.45) is 0. The standard InChI is InChI=1S/C7H5N5O8/c13-9(14)4-1-6(10(15)16)5(3-8-12(19)20)7(2-4)11(17)18/h1-2,8H,3H2. The molecule has 0 aliphatic heterocycles. The van der Waals surface area contributed by atoms with Gasteiger partial charge in [-0.2, -0.15) is 0 Å². The van der Waals surface area contributed by atoms with Crippen LogP contribution in [-0.2, 0) is 6.54 Å². The van der Waals surface area contributed by atoms with Crippen LogP contribution in [0.25, 0.3) is 0 Å². The highest BCUT2D eigenvalue weighted by Gasteiger charge is 2.30. The van der Waals surface area contributed by atoms with E-state index < -0.39 is 49.0 Å². The van der Waals surface area contributed by atoms with Crippen LogP contribution >= 0.6 is 0 Å². The third kappa shape index (κ3) is 3.09. The molecule has 0 aliphatic rings. The fourth-order valence-electron chi connectivity index (χ4n) is 1.38. The number of hydrogen-bond donors (Lipinski definition) is 1. The quantitative estimate of drug-likeness (QED) is 0.580. The van der Waals surface area contributed by atoms with Crippen LogP contribution in [0.1, 0.15) is 5.56 Å². The van der Waals surface area contributed by atoms with Crippen molar-refractivity contribution in [2.24, 2.45) is 0 Å². The Morgan fingerprint density at radius 3 is 1.60 bits per heavy atom. The molecule has 0 spiro atoms. The fraction of sp³-hybridized carbons (Fsp3) is 0.143. The predicted octanol–water partition coefficient (Wildman–Crippen LogP) is 0.692. The molecule has 0 aliphatic carbocycles. The number of nitrogens with zero attached hydrogens (tertiary/aromatic N) is 4. The molecule has 0 unspecified atom stereocenters. The number of nitro benzene ring substituents is 3. The molecule has 0 saturated heterocycles. The summed E-state index contributed by atoms with van der Waals surface area (Å²) in [5, 5.41) is 41.2. The zero-order valence-corrected chi connectivity index (χ0v) is 9.42. The molecule has 1 N–H and O–H groups in total. The summed E-state index contributed by atoms with van der Waals surface area (Å²) in [5.41, 5.74) is -1.82. The lowest BCUT2D eigenvalue weighted by Crippen LogP contribution is -2.22. The summed E-state index contributed by atoms with van der Waals surface area (Å²) >= 11 is 0. The van der Waals surface area contributed by atoms with E-state index in [-0.39, 0.29) is 0 Å². The molecule has 0 heterocycles. The van der Waals surface area contributed by atoms with Crippen molar-refractivity contribution < 1.29 is 19.8 Å². The summed E-state index contributed by atoms with van der Waals surface area (Å²) in [5.74, 6) is 0. The van der Waals surface area contributed by atoms with Gasteiger partial charge in [0, 0.05) is 0 Å². The van der Waals surface area contributed by atoms with E-state index in [1.807, 2.05) is 0 Å². The molecule has 1 rings (SSSR count). The first-order chi connectivity index (χ1) is 9.23. The van der Waals surface area contributed by atoms with Crippen molar-refractivity contribution in [3.63, 3.8) is 0 Å². The number of nitro groups is 4. The molecule has 13 nitrogen and oxygen atoms in total. The van der Waals surface area contributed by atoms with Gasteiger partial charge >= 0.3 is 0 Å². The Hall–Kier alpha value is -3.38. The van der Waals surface area contributed by atoms with Crippen molar-refractivity contribution in [1.82, 2.24) is 5.43 Å². The molecule has 0 atom stereocenters. The average molecular weight is 287 g/mol. The Balaban J connectivity index is 3.50. The van der Waals surface area contributed by atoms with E-state index in [9.17, 15) is 40.5 Å².